The van der Waals surface area contributed by atoms with E-state index in [4.69, 9.17) is 24.9 Å². The molecule has 2 N–H and O–H groups in total. The molecule has 0 saturated carbocycles. The van der Waals surface area contributed by atoms with Crippen LogP contribution in [0, 0.1) is 0 Å². The van der Waals surface area contributed by atoms with Crippen molar-refractivity contribution in [2.24, 2.45) is 0 Å². The van der Waals surface area contributed by atoms with Crippen LogP contribution in [-0.2, 0) is 0 Å². The number of nitrogens with two attached hydrogens (primary N) is 1. The zero-order valence-electron chi connectivity index (χ0n) is 17.8. The Morgan fingerprint density at radius 2 is 1.19 bits per heavy atom. The highest BCUT2D eigenvalue weighted by Gasteiger charge is 2.20. The SMILES string of the molecule is COc1cc(-c2cc(N)nc(-c3ccccc3)c2-c2ccccc2)cc(OC)c1OC. The van der Waals surface area contributed by atoms with Gasteiger partial charge >= 0.3 is 0 Å². The van der Waals surface area contributed by atoms with Gasteiger partial charge in [0.2, 0.25) is 5.75 Å². The van der Waals surface area contributed by atoms with Crippen molar-refractivity contribution in [2.75, 3.05) is 27.1 Å². The van der Waals surface area contributed by atoms with Crippen LogP contribution in [0.2, 0.25) is 0 Å². The van der Waals surface area contributed by atoms with Gasteiger partial charge in [0.15, 0.2) is 11.5 Å². The minimum atomic E-state index is 0.433. The van der Waals surface area contributed by atoms with E-state index in [1.165, 1.54) is 0 Å². The van der Waals surface area contributed by atoms with Crippen LogP contribution in [0.15, 0.2) is 78.9 Å². The number of anilines is 1. The van der Waals surface area contributed by atoms with Crippen molar-refractivity contribution in [3.63, 3.8) is 0 Å². The summed E-state index contributed by atoms with van der Waals surface area (Å²) in [6.07, 6.45) is 0. The summed E-state index contributed by atoms with van der Waals surface area (Å²) < 4.78 is 16.7. The van der Waals surface area contributed by atoms with Gasteiger partial charge in [-0.2, -0.15) is 0 Å². The molecule has 1 aromatic heterocycles. The van der Waals surface area contributed by atoms with Gasteiger partial charge in [-0.05, 0) is 34.9 Å². The van der Waals surface area contributed by atoms with Crippen LogP contribution in [-0.4, -0.2) is 26.3 Å². The normalized spacial score (nSPS) is 10.5. The number of nitrogen functional groups attached to an aromatic ring is 1. The molecule has 5 nitrogen and oxygen atoms in total. The van der Waals surface area contributed by atoms with Crippen LogP contribution in [0.4, 0.5) is 5.82 Å². The van der Waals surface area contributed by atoms with E-state index in [0.29, 0.717) is 23.1 Å². The van der Waals surface area contributed by atoms with E-state index in [0.717, 1.165) is 33.5 Å². The number of hydrogen-bond donors (Lipinski definition) is 1. The third kappa shape index (κ3) is 3.90. The minimum absolute atomic E-state index is 0.433. The molecule has 0 unspecified atom stereocenters. The fraction of sp³-hybridized carbons (Fsp3) is 0.115. The fourth-order valence-electron chi connectivity index (χ4n) is 3.73. The second kappa shape index (κ2) is 8.79. The average molecular weight is 412 g/mol. The number of nitrogens with zero attached hydrogens (tertiary/aromatic N) is 1. The Hall–Kier alpha value is -3.99. The highest BCUT2D eigenvalue weighted by atomic mass is 16.5. The fourth-order valence-corrected chi connectivity index (χ4v) is 3.73. The highest BCUT2D eigenvalue weighted by molar-refractivity contribution is 5.94. The Morgan fingerprint density at radius 3 is 1.71 bits per heavy atom. The third-order valence-electron chi connectivity index (χ3n) is 5.12. The summed E-state index contributed by atoms with van der Waals surface area (Å²) >= 11 is 0. The van der Waals surface area contributed by atoms with Gasteiger partial charge in [0.25, 0.3) is 0 Å². The largest absolute Gasteiger partial charge is 0.493 e. The number of hydrogen-bond acceptors (Lipinski definition) is 5. The molecule has 1 heterocycles. The number of benzene rings is 3. The molecule has 0 aliphatic carbocycles. The van der Waals surface area contributed by atoms with E-state index in [2.05, 4.69) is 12.1 Å². The number of ether oxygens (including phenoxy) is 3. The van der Waals surface area contributed by atoms with E-state index < -0.39 is 0 Å². The van der Waals surface area contributed by atoms with Gasteiger partial charge < -0.3 is 19.9 Å². The van der Waals surface area contributed by atoms with Crippen LogP contribution >= 0.6 is 0 Å². The molecule has 5 heteroatoms. The Bertz CT molecular complexity index is 1170. The topological polar surface area (TPSA) is 66.6 Å². The highest BCUT2D eigenvalue weighted by Crippen LogP contribution is 2.45. The van der Waals surface area contributed by atoms with Crippen LogP contribution in [0.25, 0.3) is 33.5 Å². The van der Waals surface area contributed by atoms with Crippen molar-refractivity contribution < 1.29 is 14.2 Å². The summed E-state index contributed by atoms with van der Waals surface area (Å²) in [5.41, 5.74) is 11.9. The monoisotopic (exact) mass is 412 g/mol. The molecular formula is C26H24N2O3. The molecule has 4 rings (SSSR count). The van der Waals surface area contributed by atoms with E-state index in [9.17, 15) is 0 Å². The van der Waals surface area contributed by atoms with Gasteiger partial charge in [0.05, 0.1) is 27.0 Å². The van der Waals surface area contributed by atoms with E-state index in [1.54, 1.807) is 21.3 Å². The molecule has 0 saturated heterocycles. The van der Waals surface area contributed by atoms with Crippen molar-refractivity contribution in [3.8, 4) is 50.8 Å². The molecule has 0 radical (unpaired) electrons. The number of methoxy groups -OCH3 is 3. The molecule has 0 amide bonds. The zero-order valence-corrected chi connectivity index (χ0v) is 17.8. The van der Waals surface area contributed by atoms with E-state index in [-0.39, 0.29) is 0 Å². The lowest BCUT2D eigenvalue weighted by Crippen LogP contribution is -2.00. The van der Waals surface area contributed by atoms with Crippen molar-refractivity contribution >= 4 is 5.82 Å². The molecular weight excluding hydrogens is 388 g/mol. The standard InChI is InChI=1S/C26H24N2O3/c1-29-21-14-19(15-22(30-2)26(21)31-3)20-16-23(27)28-25(18-12-8-5-9-13-18)24(20)17-10-6-4-7-11-17/h4-16H,1-3H3,(H2,27,28). The Kier molecular flexibility index (Phi) is 5.76. The maximum atomic E-state index is 6.28. The molecule has 3 aromatic carbocycles. The summed E-state index contributed by atoms with van der Waals surface area (Å²) in [5.74, 6) is 2.13. The minimum Gasteiger partial charge on any atom is -0.493 e. The summed E-state index contributed by atoms with van der Waals surface area (Å²) in [4.78, 5) is 4.72. The van der Waals surface area contributed by atoms with Crippen LogP contribution in [0.5, 0.6) is 17.2 Å². The second-order valence-electron chi connectivity index (χ2n) is 6.96. The number of aromatic nitrogens is 1. The second-order valence-corrected chi connectivity index (χ2v) is 6.96. The first-order chi connectivity index (χ1) is 15.2. The zero-order chi connectivity index (χ0) is 21.8. The summed E-state index contributed by atoms with van der Waals surface area (Å²) in [7, 11) is 4.80. The molecule has 156 valence electrons. The third-order valence-corrected chi connectivity index (χ3v) is 5.12. The Balaban J connectivity index is 2.07. The van der Waals surface area contributed by atoms with Gasteiger partial charge in [-0.1, -0.05) is 60.7 Å². The van der Waals surface area contributed by atoms with Crippen LogP contribution in [0.1, 0.15) is 0 Å². The van der Waals surface area contributed by atoms with Gasteiger partial charge in [-0.25, -0.2) is 4.98 Å². The molecule has 0 atom stereocenters. The van der Waals surface area contributed by atoms with E-state index >= 15 is 0 Å². The van der Waals surface area contributed by atoms with Crippen molar-refractivity contribution in [1.82, 2.24) is 4.98 Å². The van der Waals surface area contributed by atoms with Crippen molar-refractivity contribution in [2.45, 2.75) is 0 Å². The van der Waals surface area contributed by atoms with Gasteiger partial charge in [0.1, 0.15) is 5.82 Å². The molecule has 0 spiro atoms. The summed E-state index contributed by atoms with van der Waals surface area (Å²) in [6, 6.07) is 25.9. The predicted octanol–water partition coefficient (Wildman–Crippen LogP) is 5.69. The van der Waals surface area contributed by atoms with Gasteiger partial charge in [-0.15, -0.1) is 0 Å². The van der Waals surface area contributed by atoms with Gasteiger partial charge in [0, 0.05) is 11.1 Å². The quantitative estimate of drug-likeness (QED) is 0.441. The van der Waals surface area contributed by atoms with Crippen molar-refractivity contribution in [3.05, 3.63) is 78.9 Å². The lowest BCUT2D eigenvalue weighted by molar-refractivity contribution is 0.324. The molecule has 0 aliphatic rings. The summed E-state index contributed by atoms with van der Waals surface area (Å²) in [5, 5.41) is 0. The lowest BCUT2D eigenvalue weighted by Gasteiger charge is -2.19. The first-order valence-corrected chi connectivity index (χ1v) is 9.88. The molecule has 0 bridgehead atoms. The molecule has 0 fully saturated rings. The molecule has 4 aromatic rings. The number of rotatable bonds is 6. The smallest absolute Gasteiger partial charge is 0.203 e. The van der Waals surface area contributed by atoms with Crippen LogP contribution < -0.4 is 19.9 Å². The Labute approximate surface area is 182 Å². The maximum Gasteiger partial charge on any atom is 0.203 e. The first-order valence-electron chi connectivity index (χ1n) is 9.88. The molecule has 0 aliphatic heterocycles. The van der Waals surface area contributed by atoms with Crippen molar-refractivity contribution in [1.29, 1.82) is 0 Å². The van der Waals surface area contributed by atoms with Crippen LogP contribution in [0.3, 0.4) is 0 Å². The lowest BCUT2D eigenvalue weighted by atomic mass is 9.90. The van der Waals surface area contributed by atoms with Gasteiger partial charge in [-0.3, -0.25) is 0 Å². The molecule has 31 heavy (non-hydrogen) atoms. The maximum absolute atomic E-state index is 6.28. The average Bonchev–Trinajstić information content (AvgIpc) is 2.83. The number of pyridine rings is 1. The summed E-state index contributed by atoms with van der Waals surface area (Å²) in [6.45, 7) is 0. The predicted molar refractivity (Wildman–Crippen MR) is 125 cm³/mol. The Morgan fingerprint density at radius 1 is 0.645 bits per heavy atom. The first kappa shape index (κ1) is 20.3. The van der Waals surface area contributed by atoms with E-state index in [1.807, 2.05) is 66.7 Å².